The third-order valence-electron chi connectivity index (χ3n) is 4.25. The molecule has 0 aliphatic heterocycles. The average Bonchev–Trinajstić information content (AvgIpc) is 2.66. The van der Waals surface area contributed by atoms with Crippen LogP contribution < -0.4 is 20.7 Å². The molecule has 0 aliphatic rings. The number of methoxy groups -OCH3 is 1. The number of hydrogen-bond donors (Lipinski definition) is 3. The van der Waals surface area contributed by atoms with Gasteiger partial charge in [-0.2, -0.15) is 0 Å². The Kier molecular flexibility index (Phi) is 7.37. The molecule has 2 rings (SSSR count). The van der Waals surface area contributed by atoms with Crippen LogP contribution in [0.4, 0.5) is 11.4 Å². The molecule has 0 fully saturated rings. The lowest BCUT2D eigenvalue weighted by Gasteiger charge is -2.16. The molecule has 2 aromatic carbocycles. The van der Waals surface area contributed by atoms with Crippen LogP contribution in [0.15, 0.2) is 42.5 Å². The Morgan fingerprint density at radius 3 is 2.37 bits per heavy atom. The molecule has 3 N–H and O–H groups in total. The highest BCUT2D eigenvalue weighted by molar-refractivity contribution is 5.95. The number of nitrogens with one attached hydrogen (secondary N) is 3. The van der Waals surface area contributed by atoms with E-state index in [4.69, 9.17) is 4.74 Å². The summed E-state index contributed by atoms with van der Waals surface area (Å²) in [5, 5.41) is 8.73. The van der Waals surface area contributed by atoms with Crippen molar-refractivity contribution in [2.24, 2.45) is 0 Å². The Morgan fingerprint density at radius 2 is 1.78 bits per heavy atom. The summed E-state index contributed by atoms with van der Waals surface area (Å²) in [6, 6.07) is 13.5. The van der Waals surface area contributed by atoms with Crippen molar-refractivity contribution in [2.45, 2.75) is 33.2 Å². The first kappa shape index (κ1) is 20.5. The van der Waals surface area contributed by atoms with Crippen molar-refractivity contribution >= 4 is 23.2 Å². The van der Waals surface area contributed by atoms with Gasteiger partial charge in [0.2, 0.25) is 11.8 Å². The highest BCUT2D eigenvalue weighted by Gasteiger charge is 2.11. The number of ether oxygens (including phenoxy) is 1. The van der Waals surface area contributed by atoms with Gasteiger partial charge in [0, 0.05) is 18.7 Å². The maximum absolute atomic E-state index is 12.3. The normalized spacial score (nSPS) is 11.6. The van der Waals surface area contributed by atoms with E-state index >= 15 is 0 Å². The first-order valence-corrected chi connectivity index (χ1v) is 9.00. The summed E-state index contributed by atoms with van der Waals surface area (Å²) in [6.07, 6.45) is 1.00. The van der Waals surface area contributed by atoms with Crippen molar-refractivity contribution in [2.75, 3.05) is 24.3 Å². The second-order valence-electron chi connectivity index (χ2n) is 6.34. The molecule has 0 bridgehead atoms. The fraction of sp³-hybridized carbons (Fsp3) is 0.333. The largest absolute Gasteiger partial charge is 0.495 e. The van der Waals surface area contributed by atoms with Crippen LogP contribution >= 0.6 is 0 Å². The van der Waals surface area contributed by atoms with Crippen LogP contribution in [0.1, 0.15) is 37.9 Å². The molecule has 0 saturated carbocycles. The molecule has 0 aromatic heterocycles. The summed E-state index contributed by atoms with van der Waals surface area (Å²) in [6.45, 7) is 5.73. The molecule has 2 aromatic rings. The first-order valence-electron chi connectivity index (χ1n) is 9.00. The average molecular weight is 369 g/mol. The molecule has 0 spiro atoms. The molecule has 2 amide bonds. The van der Waals surface area contributed by atoms with Crippen molar-refractivity contribution in [3.63, 3.8) is 0 Å². The van der Waals surface area contributed by atoms with Gasteiger partial charge in [0.05, 0.1) is 19.3 Å². The van der Waals surface area contributed by atoms with E-state index in [-0.39, 0.29) is 24.4 Å². The number of benzene rings is 2. The van der Waals surface area contributed by atoms with Gasteiger partial charge >= 0.3 is 0 Å². The molecule has 0 radical (unpaired) electrons. The summed E-state index contributed by atoms with van der Waals surface area (Å²) < 4.78 is 5.28. The summed E-state index contributed by atoms with van der Waals surface area (Å²) in [7, 11) is 1.53. The SMILES string of the molecule is CCc1ccc(C(C)NCC(=O)Nc2cc(NC(C)=O)ccc2OC)cc1. The van der Waals surface area contributed by atoms with Crippen molar-refractivity contribution in [3.05, 3.63) is 53.6 Å². The summed E-state index contributed by atoms with van der Waals surface area (Å²) in [4.78, 5) is 23.5. The second kappa shape index (κ2) is 9.73. The fourth-order valence-electron chi connectivity index (χ4n) is 2.69. The van der Waals surface area contributed by atoms with Crippen LogP contribution in [0.5, 0.6) is 5.75 Å². The predicted molar refractivity (Wildman–Crippen MR) is 108 cm³/mol. The van der Waals surface area contributed by atoms with Crippen LogP contribution in [0.25, 0.3) is 0 Å². The van der Waals surface area contributed by atoms with Crippen LogP contribution in [0.2, 0.25) is 0 Å². The smallest absolute Gasteiger partial charge is 0.238 e. The zero-order chi connectivity index (χ0) is 19.8. The summed E-state index contributed by atoms with van der Waals surface area (Å²) in [5.41, 5.74) is 3.52. The van der Waals surface area contributed by atoms with E-state index in [1.165, 1.54) is 19.6 Å². The molecule has 0 aliphatic carbocycles. The maximum atomic E-state index is 12.3. The molecule has 1 atom stereocenters. The van der Waals surface area contributed by atoms with E-state index in [0.717, 1.165) is 12.0 Å². The van der Waals surface area contributed by atoms with Gasteiger partial charge in [0.15, 0.2) is 0 Å². The Morgan fingerprint density at radius 1 is 1.07 bits per heavy atom. The highest BCUT2D eigenvalue weighted by atomic mass is 16.5. The molecule has 6 heteroatoms. The minimum Gasteiger partial charge on any atom is -0.495 e. The predicted octanol–water partition coefficient (Wildman–Crippen LogP) is 3.51. The van der Waals surface area contributed by atoms with E-state index in [1.54, 1.807) is 18.2 Å². The number of amides is 2. The van der Waals surface area contributed by atoms with E-state index in [2.05, 4.69) is 47.1 Å². The first-order chi connectivity index (χ1) is 12.9. The lowest BCUT2D eigenvalue weighted by Crippen LogP contribution is -2.30. The van der Waals surface area contributed by atoms with Crippen molar-refractivity contribution < 1.29 is 14.3 Å². The van der Waals surface area contributed by atoms with Crippen LogP contribution in [0.3, 0.4) is 0 Å². The second-order valence-corrected chi connectivity index (χ2v) is 6.34. The third kappa shape index (κ3) is 6.11. The lowest BCUT2D eigenvalue weighted by atomic mass is 10.1. The molecule has 6 nitrogen and oxygen atoms in total. The van der Waals surface area contributed by atoms with Gasteiger partial charge in [-0.1, -0.05) is 31.2 Å². The minimum absolute atomic E-state index is 0.0502. The zero-order valence-corrected chi connectivity index (χ0v) is 16.3. The third-order valence-corrected chi connectivity index (χ3v) is 4.25. The molecule has 144 valence electrons. The van der Waals surface area contributed by atoms with Crippen LogP contribution in [0, 0.1) is 0 Å². The fourth-order valence-corrected chi connectivity index (χ4v) is 2.69. The van der Waals surface area contributed by atoms with Gasteiger partial charge in [0.1, 0.15) is 5.75 Å². The van der Waals surface area contributed by atoms with E-state index in [9.17, 15) is 9.59 Å². The number of aryl methyl sites for hydroxylation is 1. The van der Waals surface area contributed by atoms with Gasteiger partial charge in [-0.15, -0.1) is 0 Å². The Hall–Kier alpha value is -2.86. The number of anilines is 2. The molecule has 0 heterocycles. The molecular weight excluding hydrogens is 342 g/mol. The monoisotopic (exact) mass is 369 g/mol. The topological polar surface area (TPSA) is 79.5 Å². The van der Waals surface area contributed by atoms with Gasteiger partial charge in [-0.05, 0) is 42.7 Å². The maximum Gasteiger partial charge on any atom is 0.238 e. The van der Waals surface area contributed by atoms with Gasteiger partial charge in [-0.25, -0.2) is 0 Å². The van der Waals surface area contributed by atoms with E-state index < -0.39 is 0 Å². The molecule has 27 heavy (non-hydrogen) atoms. The molecular formula is C21H27N3O3. The van der Waals surface area contributed by atoms with Crippen LogP contribution in [-0.2, 0) is 16.0 Å². The van der Waals surface area contributed by atoms with Crippen molar-refractivity contribution in [1.29, 1.82) is 0 Å². The number of hydrogen-bond acceptors (Lipinski definition) is 4. The van der Waals surface area contributed by atoms with Crippen molar-refractivity contribution in [1.82, 2.24) is 5.32 Å². The number of carbonyl (C=O) groups is 2. The standard InChI is InChI=1S/C21H27N3O3/c1-5-16-6-8-17(9-7-16)14(2)22-13-21(26)24-19-12-18(23-15(3)25)10-11-20(19)27-4/h6-12,14,22H,5,13H2,1-4H3,(H,23,25)(H,24,26). The Labute approximate surface area is 160 Å². The summed E-state index contributed by atoms with van der Waals surface area (Å²) >= 11 is 0. The van der Waals surface area contributed by atoms with E-state index in [1.807, 2.05) is 6.92 Å². The quantitative estimate of drug-likeness (QED) is 0.665. The molecule has 1 unspecified atom stereocenters. The lowest BCUT2D eigenvalue weighted by molar-refractivity contribution is -0.115. The summed E-state index contributed by atoms with van der Waals surface area (Å²) in [5.74, 6) is 0.160. The number of carbonyl (C=O) groups excluding carboxylic acids is 2. The van der Waals surface area contributed by atoms with E-state index in [0.29, 0.717) is 17.1 Å². The molecule has 0 saturated heterocycles. The van der Waals surface area contributed by atoms with Crippen LogP contribution in [-0.4, -0.2) is 25.5 Å². The van der Waals surface area contributed by atoms with Gasteiger partial charge in [0.25, 0.3) is 0 Å². The van der Waals surface area contributed by atoms with Crippen molar-refractivity contribution in [3.8, 4) is 5.75 Å². The Bertz CT molecular complexity index is 788. The Balaban J connectivity index is 1.96. The zero-order valence-electron chi connectivity index (χ0n) is 16.3. The van der Waals surface area contributed by atoms with Gasteiger partial charge < -0.3 is 20.7 Å². The number of rotatable bonds is 8. The highest BCUT2D eigenvalue weighted by Crippen LogP contribution is 2.27. The minimum atomic E-state index is -0.190. The van der Waals surface area contributed by atoms with Gasteiger partial charge in [-0.3, -0.25) is 9.59 Å².